The van der Waals surface area contributed by atoms with Gasteiger partial charge in [-0.3, -0.25) is 4.79 Å². The third-order valence-electron chi connectivity index (χ3n) is 7.93. The van der Waals surface area contributed by atoms with Gasteiger partial charge in [0, 0.05) is 34.8 Å². The summed E-state index contributed by atoms with van der Waals surface area (Å²) in [5.74, 6) is 4.10. The summed E-state index contributed by atoms with van der Waals surface area (Å²) in [5.41, 5.74) is 1.78. The Morgan fingerprint density at radius 1 is 0.710 bits per heavy atom. The van der Waals surface area contributed by atoms with Crippen molar-refractivity contribution in [2.45, 2.75) is 43.9 Å². The molecule has 0 saturated heterocycles. The molecule has 5 nitrogen and oxygen atoms in total. The van der Waals surface area contributed by atoms with Gasteiger partial charge in [0.1, 0.15) is 28.8 Å². The quantitative estimate of drug-likeness (QED) is 0.647. The van der Waals surface area contributed by atoms with E-state index < -0.39 is 0 Å². The third kappa shape index (κ3) is 2.93. The van der Waals surface area contributed by atoms with Crippen molar-refractivity contribution in [1.29, 1.82) is 0 Å². The lowest BCUT2D eigenvalue weighted by atomic mass is 9.71. The number of methoxy groups -OCH3 is 4. The second kappa shape index (κ2) is 7.18. The Morgan fingerprint density at radius 2 is 1.16 bits per heavy atom. The largest absolute Gasteiger partial charge is 0.497 e. The molecule has 5 rings (SSSR count). The third-order valence-corrected chi connectivity index (χ3v) is 7.93. The number of ketones is 1. The van der Waals surface area contributed by atoms with Gasteiger partial charge in [-0.1, -0.05) is 18.6 Å². The average molecular weight is 423 g/mol. The second-order valence-electron chi connectivity index (χ2n) is 9.22. The molecule has 5 heteroatoms. The van der Waals surface area contributed by atoms with Crippen molar-refractivity contribution in [3.8, 4) is 23.0 Å². The van der Waals surface area contributed by atoms with E-state index in [1.165, 1.54) is 0 Å². The molecule has 0 N–H and O–H groups in total. The van der Waals surface area contributed by atoms with Crippen LogP contribution in [0.5, 0.6) is 23.0 Å². The van der Waals surface area contributed by atoms with Gasteiger partial charge in [-0.25, -0.2) is 0 Å². The maximum atomic E-state index is 14.0. The highest BCUT2D eigenvalue weighted by atomic mass is 16.5. The molecule has 0 unspecified atom stereocenters. The first-order chi connectivity index (χ1) is 15.0. The van der Waals surface area contributed by atoms with Crippen LogP contribution in [0.15, 0.2) is 36.4 Å². The molecular weight excluding hydrogens is 392 g/mol. The first-order valence-corrected chi connectivity index (χ1v) is 11.0. The van der Waals surface area contributed by atoms with Gasteiger partial charge < -0.3 is 18.9 Å². The van der Waals surface area contributed by atoms with Crippen LogP contribution in [0.1, 0.15) is 55.1 Å². The molecule has 0 radical (unpaired) electrons. The molecule has 2 aromatic rings. The summed E-state index contributed by atoms with van der Waals surface area (Å²) in [7, 11) is 6.68. The predicted octanol–water partition coefficient (Wildman–Crippen LogP) is 5.12. The lowest BCUT2D eigenvalue weighted by Gasteiger charge is -2.30. The summed E-state index contributed by atoms with van der Waals surface area (Å²) in [6.45, 7) is 0. The number of Topliss-reactive ketones (excluding diaryl/α,β-unsaturated/α-hetero) is 1. The van der Waals surface area contributed by atoms with Gasteiger partial charge in [0.25, 0.3) is 0 Å². The molecule has 3 fully saturated rings. The van der Waals surface area contributed by atoms with Crippen LogP contribution >= 0.6 is 0 Å². The lowest BCUT2D eigenvalue weighted by Crippen LogP contribution is -2.33. The maximum absolute atomic E-state index is 14.0. The summed E-state index contributed by atoms with van der Waals surface area (Å²) in [6, 6.07) is 11.9. The first-order valence-electron chi connectivity index (χ1n) is 11.0. The SMILES string of the molecule is COc1ccc([C@H]2C[C@@]23CCC[C@@]2(C[C@H]2c2ccc(OC)cc2OC)C3=O)c(OC)c1. The van der Waals surface area contributed by atoms with Crippen LogP contribution in [0.3, 0.4) is 0 Å². The van der Waals surface area contributed by atoms with Gasteiger partial charge in [0.15, 0.2) is 0 Å². The van der Waals surface area contributed by atoms with Crippen molar-refractivity contribution < 1.29 is 23.7 Å². The molecular formula is C26H30O5. The molecule has 0 bridgehead atoms. The second-order valence-corrected chi connectivity index (χ2v) is 9.22. The van der Waals surface area contributed by atoms with Crippen LogP contribution in [0.25, 0.3) is 0 Å². The van der Waals surface area contributed by atoms with Gasteiger partial charge >= 0.3 is 0 Å². The smallest absolute Gasteiger partial charge is 0.146 e. The van der Waals surface area contributed by atoms with E-state index in [0.29, 0.717) is 5.78 Å². The molecule has 3 aliphatic carbocycles. The zero-order chi connectivity index (χ0) is 21.8. The molecule has 2 spiro atoms. The molecule has 31 heavy (non-hydrogen) atoms. The van der Waals surface area contributed by atoms with Crippen LogP contribution in [-0.2, 0) is 4.79 Å². The van der Waals surface area contributed by atoms with Crippen molar-refractivity contribution >= 4 is 5.78 Å². The van der Waals surface area contributed by atoms with Gasteiger partial charge in [-0.2, -0.15) is 0 Å². The predicted molar refractivity (Wildman–Crippen MR) is 118 cm³/mol. The molecule has 0 aliphatic heterocycles. The molecule has 0 heterocycles. The van der Waals surface area contributed by atoms with Gasteiger partial charge in [0.05, 0.1) is 28.4 Å². The molecule has 0 aromatic heterocycles. The highest BCUT2D eigenvalue weighted by molar-refractivity contribution is 5.98. The van der Waals surface area contributed by atoms with E-state index in [0.717, 1.165) is 66.2 Å². The Kier molecular flexibility index (Phi) is 4.68. The molecule has 3 saturated carbocycles. The fourth-order valence-electron chi connectivity index (χ4n) is 6.14. The number of hydrogen-bond acceptors (Lipinski definition) is 5. The number of rotatable bonds is 6. The Bertz CT molecular complexity index is 951. The molecule has 4 atom stereocenters. The summed E-state index contributed by atoms with van der Waals surface area (Å²) >= 11 is 0. The highest BCUT2D eigenvalue weighted by Crippen LogP contribution is 2.76. The fraction of sp³-hybridized carbons (Fsp3) is 0.500. The average Bonchev–Trinajstić information content (AvgIpc) is 3.72. The van der Waals surface area contributed by atoms with Gasteiger partial charge in [-0.05, 0) is 48.9 Å². The van der Waals surface area contributed by atoms with Crippen LogP contribution in [0.2, 0.25) is 0 Å². The van der Waals surface area contributed by atoms with Crippen molar-refractivity contribution in [2.75, 3.05) is 28.4 Å². The topological polar surface area (TPSA) is 54.0 Å². The van der Waals surface area contributed by atoms with Crippen molar-refractivity contribution in [3.05, 3.63) is 47.5 Å². The Morgan fingerprint density at radius 3 is 1.55 bits per heavy atom. The van der Waals surface area contributed by atoms with E-state index in [9.17, 15) is 4.79 Å². The Balaban J connectivity index is 1.43. The zero-order valence-corrected chi connectivity index (χ0v) is 18.7. The molecule has 3 aliphatic rings. The van der Waals surface area contributed by atoms with Crippen molar-refractivity contribution in [2.24, 2.45) is 10.8 Å². The Labute approximate surface area is 183 Å². The first kappa shape index (κ1) is 20.2. The van der Waals surface area contributed by atoms with E-state index in [2.05, 4.69) is 12.1 Å². The van der Waals surface area contributed by atoms with Gasteiger partial charge in [-0.15, -0.1) is 0 Å². The highest BCUT2D eigenvalue weighted by Gasteiger charge is 2.73. The standard InChI is InChI=1S/C26H30O5/c1-28-16-6-8-18(22(12-16)30-3)20-14-25(20)10-5-11-26(24(25)27)15-21(26)19-9-7-17(29-2)13-23(19)31-4/h6-9,12-13,20-21H,5,10-11,14-15H2,1-4H3/t20-,21+,25-,26-/m0/s1. The Hall–Kier alpha value is -2.69. The number of carbonyl (C=O) groups is 1. The minimum Gasteiger partial charge on any atom is -0.497 e. The number of benzene rings is 2. The van der Waals surface area contributed by atoms with E-state index in [4.69, 9.17) is 18.9 Å². The van der Waals surface area contributed by atoms with Crippen LogP contribution in [0, 0.1) is 10.8 Å². The number of carbonyl (C=O) groups excluding carboxylic acids is 1. The van der Waals surface area contributed by atoms with Crippen molar-refractivity contribution in [3.63, 3.8) is 0 Å². The summed E-state index contributed by atoms with van der Waals surface area (Å²) in [6.07, 6.45) is 4.88. The minimum absolute atomic E-state index is 0.233. The van der Waals surface area contributed by atoms with Crippen LogP contribution in [-0.4, -0.2) is 34.2 Å². The summed E-state index contributed by atoms with van der Waals surface area (Å²) in [4.78, 5) is 14.0. The van der Waals surface area contributed by atoms with Crippen molar-refractivity contribution in [1.82, 2.24) is 0 Å². The molecule has 2 aromatic carbocycles. The summed E-state index contributed by atoms with van der Waals surface area (Å²) < 4.78 is 22.0. The normalized spacial score (nSPS) is 30.9. The van der Waals surface area contributed by atoms with Gasteiger partial charge in [0.2, 0.25) is 0 Å². The van der Waals surface area contributed by atoms with Crippen LogP contribution < -0.4 is 18.9 Å². The lowest BCUT2D eigenvalue weighted by molar-refractivity contribution is -0.132. The van der Waals surface area contributed by atoms with Crippen LogP contribution in [0.4, 0.5) is 0 Å². The zero-order valence-electron chi connectivity index (χ0n) is 18.7. The van der Waals surface area contributed by atoms with E-state index >= 15 is 0 Å². The van der Waals surface area contributed by atoms with E-state index in [1.54, 1.807) is 28.4 Å². The van der Waals surface area contributed by atoms with E-state index in [-0.39, 0.29) is 22.7 Å². The monoisotopic (exact) mass is 422 g/mol. The fourth-order valence-corrected chi connectivity index (χ4v) is 6.14. The molecule has 164 valence electrons. The minimum atomic E-state index is -0.241. The number of hydrogen-bond donors (Lipinski definition) is 0. The number of ether oxygens (including phenoxy) is 4. The molecule has 0 amide bonds. The van der Waals surface area contributed by atoms with E-state index in [1.807, 2.05) is 24.3 Å². The maximum Gasteiger partial charge on any atom is 0.146 e. The summed E-state index contributed by atoms with van der Waals surface area (Å²) in [5, 5.41) is 0.